The molecular formula is C15H18N2OS. The number of rotatable bonds is 5. The van der Waals surface area contributed by atoms with Gasteiger partial charge in [0, 0.05) is 12.3 Å². The molecule has 3 nitrogen and oxygen atoms in total. The molecule has 1 heterocycles. The van der Waals surface area contributed by atoms with Crippen molar-refractivity contribution in [1.29, 1.82) is 0 Å². The normalized spacial score (nSPS) is 10.4. The first-order valence-electron chi connectivity index (χ1n) is 6.47. The number of hydrogen-bond acceptors (Lipinski definition) is 3. The van der Waals surface area contributed by atoms with E-state index in [1.165, 1.54) is 29.4 Å². The van der Waals surface area contributed by atoms with Gasteiger partial charge in [-0.1, -0.05) is 31.2 Å². The van der Waals surface area contributed by atoms with Crippen molar-refractivity contribution in [3.05, 3.63) is 46.5 Å². The Bertz CT molecular complexity index is 546. The van der Waals surface area contributed by atoms with Crippen LogP contribution < -0.4 is 5.32 Å². The Hall–Kier alpha value is -1.68. The third-order valence-corrected chi connectivity index (χ3v) is 3.74. The summed E-state index contributed by atoms with van der Waals surface area (Å²) >= 11 is 1.48. The van der Waals surface area contributed by atoms with Gasteiger partial charge in [-0.05, 0) is 30.4 Å². The van der Waals surface area contributed by atoms with Crippen LogP contribution in [0.25, 0.3) is 0 Å². The van der Waals surface area contributed by atoms with Crippen molar-refractivity contribution in [2.24, 2.45) is 0 Å². The molecule has 1 aromatic carbocycles. The molecule has 0 unspecified atom stereocenters. The summed E-state index contributed by atoms with van der Waals surface area (Å²) in [6.45, 7) is 3.66. The molecule has 0 bridgehead atoms. The average molecular weight is 274 g/mol. The third kappa shape index (κ3) is 4.17. The summed E-state index contributed by atoms with van der Waals surface area (Å²) in [6.07, 6.45) is 2.96. The van der Waals surface area contributed by atoms with Gasteiger partial charge >= 0.3 is 0 Å². The van der Waals surface area contributed by atoms with E-state index in [2.05, 4.69) is 41.5 Å². The van der Waals surface area contributed by atoms with Crippen LogP contribution in [0.15, 0.2) is 29.6 Å². The van der Waals surface area contributed by atoms with Gasteiger partial charge in [0.2, 0.25) is 5.91 Å². The Morgan fingerprint density at radius 1 is 1.21 bits per heavy atom. The molecular weight excluding hydrogens is 256 g/mol. The first-order valence-corrected chi connectivity index (χ1v) is 7.35. The average Bonchev–Trinajstić information content (AvgIpc) is 2.84. The van der Waals surface area contributed by atoms with Gasteiger partial charge in [-0.25, -0.2) is 4.98 Å². The highest BCUT2D eigenvalue weighted by Crippen LogP contribution is 2.17. The standard InChI is InChI=1S/C15H18N2OS/c1-3-12-4-6-13(7-5-12)8-9-14-10-19-15(17-14)16-11(2)18/h4-7,10H,3,8-9H2,1-2H3,(H,16,17,18). The van der Waals surface area contributed by atoms with Crippen molar-refractivity contribution in [3.8, 4) is 0 Å². The lowest BCUT2D eigenvalue weighted by Crippen LogP contribution is -2.05. The number of hydrogen-bond donors (Lipinski definition) is 1. The lowest BCUT2D eigenvalue weighted by Gasteiger charge is -2.01. The zero-order valence-corrected chi connectivity index (χ0v) is 12.1. The quantitative estimate of drug-likeness (QED) is 0.907. The Morgan fingerprint density at radius 2 is 1.89 bits per heavy atom. The van der Waals surface area contributed by atoms with Crippen LogP contribution in [0.1, 0.15) is 30.7 Å². The van der Waals surface area contributed by atoms with Crippen LogP contribution in [-0.4, -0.2) is 10.9 Å². The van der Waals surface area contributed by atoms with E-state index in [0.29, 0.717) is 5.13 Å². The summed E-state index contributed by atoms with van der Waals surface area (Å²) in [5.41, 5.74) is 3.73. The number of thiazole rings is 1. The number of anilines is 1. The fraction of sp³-hybridized carbons (Fsp3) is 0.333. The number of aromatic nitrogens is 1. The van der Waals surface area contributed by atoms with Crippen molar-refractivity contribution in [2.45, 2.75) is 33.1 Å². The zero-order chi connectivity index (χ0) is 13.7. The fourth-order valence-corrected chi connectivity index (χ4v) is 2.63. The molecule has 4 heteroatoms. The molecule has 0 saturated heterocycles. The maximum Gasteiger partial charge on any atom is 0.223 e. The highest BCUT2D eigenvalue weighted by atomic mass is 32.1. The first kappa shape index (κ1) is 13.7. The van der Waals surface area contributed by atoms with Crippen LogP contribution in [0.2, 0.25) is 0 Å². The second-order valence-electron chi connectivity index (χ2n) is 4.50. The highest BCUT2D eigenvalue weighted by Gasteiger charge is 2.03. The molecule has 0 saturated carbocycles. The number of nitrogens with one attached hydrogen (secondary N) is 1. The van der Waals surface area contributed by atoms with Gasteiger partial charge in [0.05, 0.1) is 5.69 Å². The van der Waals surface area contributed by atoms with E-state index in [0.717, 1.165) is 25.0 Å². The number of carbonyl (C=O) groups is 1. The van der Waals surface area contributed by atoms with Crippen molar-refractivity contribution in [2.75, 3.05) is 5.32 Å². The molecule has 0 spiro atoms. The minimum absolute atomic E-state index is 0.0731. The van der Waals surface area contributed by atoms with Gasteiger partial charge in [-0.2, -0.15) is 0 Å². The Labute approximate surface area is 117 Å². The van der Waals surface area contributed by atoms with E-state index < -0.39 is 0 Å². The second kappa shape index (κ2) is 6.48. The third-order valence-electron chi connectivity index (χ3n) is 2.94. The minimum Gasteiger partial charge on any atom is -0.302 e. The molecule has 1 aromatic heterocycles. The van der Waals surface area contributed by atoms with Crippen molar-refractivity contribution in [3.63, 3.8) is 0 Å². The maximum atomic E-state index is 10.9. The number of nitrogens with zero attached hydrogens (tertiary/aromatic N) is 1. The van der Waals surface area contributed by atoms with Gasteiger partial charge in [0.15, 0.2) is 5.13 Å². The minimum atomic E-state index is -0.0731. The van der Waals surface area contributed by atoms with Gasteiger partial charge in [0.1, 0.15) is 0 Å². The molecule has 0 atom stereocenters. The lowest BCUT2D eigenvalue weighted by atomic mass is 10.1. The van der Waals surface area contributed by atoms with E-state index in [1.54, 1.807) is 0 Å². The number of carbonyl (C=O) groups excluding carboxylic acids is 1. The Kier molecular flexibility index (Phi) is 4.68. The molecule has 1 N–H and O–H groups in total. The molecule has 2 rings (SSSR count). The van der Waals surface area contributed by atoms with Crippen LogP contribution in [-0.2, 0) is 24.1 Å². The van der Waals surface area contributed by atoms with E-state index in [1.807, 2.05) is 5.38 Å². The monoisotopic (exact) mass is 274 g/mol. The van der Waals surface area contributed by atoms with Crippen LogP contribution >= 0.6 is 11.3 Å². The molecule has 1 amide bonds. The van der Waals surface area contributed by atoms with Crippen LogP contribution in [0.5, 0.6) is 0 Å². The zero-order valence-electron chi connectivity index (χ0n) is 11.3. The number of benzene rings is 1. The molecule has 0 radical (unpaired) electrons. The molecule has 0 fully saturated rings. The lowest BCUT2D eigenvalue weighted by molar-refractivity contribution is -0.114. The van der Waals surface area contributed by atoms with Crippen molar-refractivity contribution < 1.29 is 4.79 Å². The summed E-state index contributed by atoms with van der Waals surface area (Å²) in [5.74, 6) is -0.0731. The van der Waals surface area contributed by atoms with Gasteiger partial charge in [-0.15, -0.1) is 11.3 Å². The smallest absolute Gasteiger partial charge is 0.223 e. The van der Waals surface area contributed by atoms with Gasteiger partial charge < -0.3 is 5.32 Å². The number of aryl methyl sites for hydroxylation is 3. The molecule has 19 heavy (non-hydrogen) atoms. The Morgan fingerprint density at radius 3 is 2.53 bits per heavy atom. The van der Waals surface area contributed by atoms with Crippen LogP contribution in [0, 0.1) is 0 Å². The largest absolute Gasteiger partial charge is 0.302 e. The second-order valence-corrected chi connectivity index (χ2v) is 5.35. The predicted molar refractivity (Wildman–Crippen MR) is 79.6 cm³/mol. The van der Waals surface area contributed by atoms with Crippen molar-refractivity contribution in [1.82, 2.24) is 4.98 Å². The first-order chi connectivity index (χ1) is 9.17. The summed E-state index contributed by atoms with van der Waals surface area (Å²) in [5, 5.41) is 5.40. The number of amides is 1. The highest BCUT2D eigenvalue weighted by molar-refractivity contribution is 7.13. The van der Waals surface area contributed by atoms with E-state index in [4.69, 9.17) is 0 Å². The molecule has 0 aliphatic heterocycles. The summed E-state index contributed by atoms with van der Waals surface area (Å²) in [6, 6.07) is 8.72. The summed E-state index contributed by atoms with van der Waals surface area (Å²) < 4.78 is 0. The molecule has 2 aromatic rings. The summed E-state index contributed by atoms with van der Waals surface area (Å²) in [7, 11) is 0. The fourth-order valence-electron chi connectivity index (χ4n) is 1.84. The van der Waals surface area contributed by atoms with Gasteiger partial charge in [-0.3, -0.25) is 4.79 Å². The van der Waals surface area contributed by atoms with E-state index in [9.17, 15) is 4.79 Å². The Balaban J connectivity index is 1.90. The molecule has 0 aliphatic rings. The SMILES string of the molecule is CCc1ccc(CCc2csc(NC(C)=O)n2)cc1. The van der Waals surface area contributed by atoms with E-state index >= 15 is 0 Å². The summed E-state index contributed by atoms with van der Waals surface area (Å²) in [4.78, 5) is 15.3. The van der Waals surface area contributed by atoms with Crippen LogP contribution in [0.4, 0.5) is 5.13 Å². The molecule has 100 valence electrons. The topological polar surface area (TPSA) is 42.0 Å². The van der Waals surface area contributed by atoms with E-state index in [-0.39, 0.29) is 5.91 Å². The van der Waals surface area contributed by atoms with Crippen LogP contribution in [0.3, 0.4) is 0 Å². The predicted octanol–water partition coefficient (Wildman–Crippen LogP) is 3.45. The molecule has 0 aliphatic carbocycles. The van der Waals surface area contributed by atoms with Crippen molar-refractivity contribution >= 4 is 22.4 Å². The maximum absolute atomic E-state index is 10.9. The van der Waals surface area contributed by atoms with Gasteiger partial charge in [0.25, 0.3) is 0 Å².